The van der Waals surface area contributed by atoms with Crippen LogP contribution in [0.25, 0.3) is 0 Å². The fourth-order valence-corrected chi connectivity index (χ4v) is 3.91. The number of aliphatic hydroxyl groups is 2. The number of para-hydroxylation sites is 1. The Morgan fingerprint density at radius 2 is 1.86 bits per heavy atom. The summed E-state index contributed by atoms with van der Waals surface area (Å²) in [7, 11) is 0. The maximum absolute atomic E-state index is 12.5. The van der Waals surface area contributed by atoms with Crippen LogP contribution in [0.4, 0.5) is 0 Å². The highest BCUT2D eigenvalue weighted by Crippen LogP contribution is 2.19. The van der Waals surface area contributed by atoms with E-state index in [2.05, 4.69) is 15.6 Å². The Labute approximate surface area is 212 Å². The van der Waals surface area contributed by atoms with Gasteiger partial charge in [0.25, 0.3) is 0 Å². The van der Waals surface area contributed by atoms with E-state index in [4.69, 9.17) is 4.74 Å². The number of aromatic nitrogens is 1. The molecule has 0 radical (unpaired) electrons. The monoisotopic (exact) mass is 493 g/mol. The Bertz CT molecular complexity index is 1140. The second kappa shape index (κ2) is 13.6. The SMILES string of the molecule is CCOc1ccccc1CNC(=O)Cc1cccc(C[C@@H](C)NCC(O)c2ccc(O)c(CO)n2)c1. The van der Waals surface area contributed by atoms with Crippen molar-refractivity contribution in [3.05, 3.63) is 88.7 Å². The molecule has 5 N–H and O–H groups in total. The Balaban J connectivity index is 1.48. The standard InChI is InChI=1S/C28H35N3O5/c1-3-36-27-10-5-4-9-22(27)16-30-28(35)15-21-8-6-7-20(14-21)13-19(2)29-17-26(34)23-11-12-25(33)24(18-32)31-23/h4-12,14,19,26,29,32-34H,3,13,15-18H2,1-2H3,(H,30,35)/t19-,26?/m1/s1. The zero-order valence-electron chi connectivity index (χ0n) is 20.8. The summed E-state index contributed by atoms with van der Waals surface area (Å²) in [5.41, 5.74) is 3.48. The van der Waals surface area contributed by atoms with E-state index in [1.54, 1.807) is 0 Å². The molecule has 0 saturated carbocycles. The van der Waals surface area contributed by atoms with Gasteiger partial charge in [0, 0.05) is 24.7 Å². The van der Waals surface area contributed by atoms with E-state index < -0.39 is 12.7 Å². The van der Waals surface area contributed by atoms with Crippen molar-refractivity contribution in [2.45, 2.75) is 52.0 Å². The molecule has 0 aliphatic rings. The lowest BCUT2D eigenvalue weighted by Crippen LogP contribution is -2.32. The van der Waals surface area contributed by atoms with Crippen LogP contribution in [0.2, 0.25) is 0 Å². The summed E-state index contributed by atoms with van der Waals surface area (Å²) in [5, 5.41) is 35.6. The Morgan fingerprint density at radius 3 is 2.64 bits per heavy atom. The van der Waals surface area contributed by atoms with Gasteiger partial charge in [-0.3, -0.25) is 4.79 Å². The number of carbonyl (C=O) groups excluding carboxylic acids is 1. The van der Waals surface area contributed by atoms with Crippen LogP contribution in [0.1, 0.15) is 48.0 Å². The summed E-state index contributed by atoms with van der Waals surface area (Å²) in [6, 6.07) is 18.6. The summed E-state index contributed by atoms with van der Waals surface area (Å²) < 4.78 is 5.62. The van der Waals surface area contributed by atoms with Crippen LogP contribution in [-0.4, -0.2) is 45.4 Å². The molecular formula is C28H35N3O5. The third-order valence-electron chi connectivity index (χ3n) is 5.77. The van der Waals surface area contributed by atoms with Crippen LogP contribution < -0.4 is 15.4 Å². The van der Waals surface area contributed by atoms with Gasteiger partial charge in [-0.2, -0.15) is 0 Å². The lowest BCUT2D eigenvalue weighted by Gasteiger charge is -2.18. The number of aliphatic hydroxyl groups excluding tert-OH is 2. The van der Waals surface area contributed by atoms with Gasteiger partial charge in [-0.1, -0.05) is 42.5 Å². The number of nitrogens with one attached hydrogen (secondary N) is 2. The van der Waals surface area contributed by atoms with Gasteiger partial charge in [-0.15, -0.1) is 0 Å². The van der Waals surface area contributed by atoms with Gasteiger partial charge in [0.05, 0.1) is 25.3 Å². The van der Waals surface area contributed by atoms with E-state index in [-0.39, 0.29) is 36.4 Å². The normalized spacial score (nSPS) is 12.7. The molecule has 0 fully saturated rings. The van der Waals surface area contributed by atoms with E-state index >= 15 is 0 Å². The number of rotatable bonds is 13. The predicted octanol–water partition coefficient (Wildman–Crippen LogP) is 2.79. The van der Waals surface area contributed by atoms with Crippen molar-refractivity contribution in [1.29, 1.82) is 0 Å². The van der Waals surface area contributed by atoms with Crippen LogP contribution in [0.5, 0.6) is 11.5 Å². The predicted molar refractivity (Wildman–Crippen MR) is 138 cm³/mol. The van der Waals surface area contributed by atoms with Crippen molar-refractivity contribution < 1.29 is 24.9 Å². The molecule has 8 heteroatoms. The molecular weight excluding hydrogens is 458 g/mol. The molecule has 0 bridgehead atoms. The van der Waals surface area contributed by atoms with E-state index in [0.717, 1.165) is 28.9 Å². The first kappa shape index (κ1) is 27.1. The van der Waals surface area contributed by atoms with Gasteiger partial charge in [0.15, 0.2) is 0 Å². The number of pyridine rings is 1. The topological polar surface area (TPSA) is 124 Å². The molecule has 3 aromatic rings. The van der Waals surface area contributed by atoms with Crippen molar-refractivity contribution in [3.63, 3.8) is 0 Å². The highest BCUT2D eigenvalue weighted by atomic mass is 16.5. The lowest BCUT2D eigenvalue weighted by molar-refractivity contribution is -0.120. The van der Waals surface area contributed by atoms with E-state index in [0.29, 0.717) is 18.8 Å². The molecule has 2 atom stereocenters. The third kappa shape index (κ3) is 8.05. The molecule has 8 nitrogen and oxygen atoms in total. The number of hydrogen-bond donors (Lipinski definition) is 5. The zero-order valence-corrected chi connectivity index (χ0v) is 20.8. The minimum absolute atomic E-state index is 0.0589. The average molecular weight is 494 g/mol. The third-order valence-corrected chi connectivity index (χ3v) is 5.77. The molecule has 3 rings (SSSR count). The van der Waals surface area contributed by atoms with E-state index in [1.165, 1.54) is 12.1 Å². The number of aromatic hydroxyl groups is 1. The Kier molecular flexibility index (Phi) is 10.2. The van der Waals surface area contributed by atoms with Gasteiger partial charge < -0.3 is 30.7 Å². The Hall–Kier alpha value is -3.46. The minimum Gasteiger partial charge on any atom is -0.506 e. The molecule has 2 aromatic carbocycles. The largest absolute Gasteiger partial charge is 0.506 e. The fraction of sp³-hybridized carbons (Fsp3) is 0.357. The summed E-state index contributed by atoms with van der Waals surface area (Å²) in [6.45, 7) is 4.81. The maximum atomic E-state index is 12.5. The molecule has 0 saturated heterocycles. The molecule has 1 amide bonds. The van der Waals surface area contributed by atoms with Crippen LogP contribution in [-0.2, 0) is 30.8 Å². The minimum atomic E-state index is -0.874. The van der Waals surface area contributed by atoms with Crippen LogP contribution in [0.15, 0.2) is 60.7 Å². The number of amides is 1. The molecule has 192 valence electrons. The number of hydrogen-bond acceptors (Lipinski definition) is 7. The second-order valence-electron chi connectivity index (χ2n) is 8.70. The van der Waals surface area contributed by atoms with E-state index in [9.17, 15) is 20.1 Å². The van der Waals surface area contributed by atoms with Crippen LogP contribution >= 0.6 is 0 Å². The van der Waals surface area contributed by atoms with Crippen molar-refractivity contribution in [1.82, 2.24) is 15.6 Å². The summed E-state index contributed by atoms with van der Waals surface area (Å²) in [6.07, 6.45) is 0.126. The van der Waals surface area contributed by atoms with Crippen LogP contribution in [0, 0.1) is 0 Å². The molecule has 0 aliphatic heterocycles. The Morgan fingerprint density at radius 1 is 1.08 bits per heavy atom. The number of ether oxygens (including phenoxy) is 1. The van der Waals surface area contributed by atoms with Crippen molar-refractivity contribution >= 4 is 5.91 Å². The molecule has 1 unspecified atom stereocenters. The summed E-state index contributed by atoms with van der Waals surface area (Å²) in [5.74, 6) is 0.624. The first-order valence-corrected chi connectivity index (χ1v) is 12.2. The lowest BCUT2D eigenvalue weighted by atomic mass is 10.0. The number of nitrogens with zero attached hydrogens (tertiary/aromatic N) is 1. The van der Waals surface area contributed by atoms with Gasteiger partial charge in [0.2, 0.25) is 5.91 Å². The highest BCUT2D eigenvalue weighted by Gasteiger charge is 2.14. The number of benzene rings is 2. The maximum Gasteiger partial charge on any atom is 0.224 e. The first-order chi connectivity index (χ1) is 17.4. The summed E-state index contributed by atoms with van der Waals surface area (Å²) in [4.78, 5) is 16.6. The smallest absolute Gasteiger partial charge is 0.224 e. The molecule has 1 aromatic heterocycles. The van der Waals surface area contributed by atoms with Gasteiger partial charge in [0.1, 0.15) is 23.3 Å². The average Bonchev–Trinajstić information content (AvgIpc) is 2.87. The van der Waals surface area contributed by atoms with Gasteiger partial charge >= 0.3 is 0 Å². The van der Waals surface area contributed by atoms with Crippen LogP contribution in [0.3, 0.4) is 0 Å². The van der Waals surface area contributed by atoms with Crippen molar-refractivity contribution in [3.8, 4) is 11.5 Å². The fourth-order valence-electron chi connectivity index (χ4n) is 3.91. The van der Waals surface area contributed by atoms with Gasteiger partial charge in [-0.05, 0) is 49.6 Å². The van der Waals surface area contributed by atoms with Crippen molar-refractivity contribution in [2.75, 3.05) is 13.2 Å². The van der Waals surface area contributed by atoms with Gasteiger partial charge in [-0.25, -0.2) is 4.98 Å². The molecule has 0 aliphatic carbocycles. The molecule has 0 spiro atoms. The van der Waals surface area contributed by atoms with E-state index in [1.807, 2.05) is 62.4 Å². The zero-order chi connectivity index (χ0) is 25.9. The van der Waals surface area contributed by atoms with Crippen molar-refractivity contribution in [2.24, 2.45) is 0 Å². The molecule has 36 heavy (non-hydrogen) atoms. The highest BCUT2D eigenvalue weighted by molar-refractivity contribution is 5.78. The second-order valence-corrected chi connectivity index (χ2v) is 8.70. The number of carbonyl (C=O) groups is 1. The first-order valence-electron chi connectivity index (χ1n) is 12.2. The molecule has 1 heterocycles. The summed E-state index contributed by atoms with van der Waals surface area (Å²) >= 11 is 0. The quantitative estimate of drug-likeness (QED) is 0.248.